The molecule has 1 aliphatic rings. The minimum Gasteiger partial charge on any atom is -0.478 e. The number of anilines is 2. The number of halogens is 1. The number of nitrogen functional groups attached to an aromatic ring is 1. The molecule has 1 aromatic carbocycles. The van der Waals surface area contributed by atoms with Crippen LogP contribution in [-0.2, 0) is 0 Å². The van der Waals surface area contributed by atoms with Gasteiger partial charge >= 0.3 is 5.97 Å². The van der Waals surface area contributed by atoms with E-state index in [1.54, 1.807) is 0 Å². The highest BCUT2D eigenvalue weighted by atomic mass is 19.1. The number of aromatic carboxylic acids is 1. The fourth-order valence-electron chi connectivity index (χ4n) is 2.71. The summed E-state index contributed by atoms with van der Waals surface area (Å²) in [6.07, 6.45) is 5.38. The second kappa shape index (κ2) is 5.07. The Morgan fingerprint density at radius 3 is 2.58 bits per heavy atom. The summed E-state index contributed by atoms with van der Waals surface area (Å²) in [7, 11) is 0. The van der Waals surface area contributed by atoms with E-state index < -0.39 is 11.8 Å². The maximum absolute atomic E-state index is 13.4. The molecular weight excluding hydrogens is 247 g/mol. The smallest absolute Gasteiger partial charge is 0.340 e. The Bertz CT molecular complexity index is 496. The lowest BCUT2D eigenvalue weighted by atomic mass is 9.83. The summed E-state index contributed by atoms with van der Waals surface area (Å²) in [6.45, 7) is 2.07. The van der Waals surface area contributed by atoms with E-state index >= 15 is 0 Å². The summed E-state index contributed by atoms with van der Waals surface area (Å²) in [5, 5.41) is 12.4. The van der Waals surface area contributed by atoms with Crippen molar-refractivity contribution in [2.24, 2.45) is 0 Å². The van der Waals surface area contributed by atoms with E-state index in [-0.39, 0.29) is 16.8 Å². The number of carbonyl (C=O) groups is 1. The Hall–Kier alpha value is -1.78. The number of hydrogen-bond donors (Lipinski definition) is 3. The van der Waals surface area contributed by atoms with Crippen LogP contribution in [0.25, 0.3) is 0 Å². The molecule has 2 rings (SSSR count). The number of nitrogens with one attached hydrogen (secondary N) is 1. The number of nitrogens with two attached hydrogens (primary N) is 1. The lowest BCUT2D eigenvalue weighted by Gasteiger charge is -2.36. The van der Waals surface area contributed by atoms with Crippen LogP contribution in [0.2, 0.25) is 0 Å². The van der Waals surface area contributed by atoms with E-state index in [9.17, 15) is 14.3 Å². The number of rotatable bonds is 3. The summed E-state index contributed by atoms with van der Waals surface area (Å²) in [6, 6.07) is 2.66. The Morgan fingerprint density at radius 1 is 1.37 bits per heavy atom. The summed E-state index contributed by atoms with van der Waals surface area (Å²) in [5.41, 5.74) is 5.31. The maximum atomic E-state index is 13.4. The lowest BCUT2D eigenvalue weighted by molar-refractivity contribution is 0.0698. The molecule has 0 radical (unpaired) electrons. The zero-order valence-corrected chi connectivity index (χ0v) is 11.0. The van der Waals surface area contributed by atoms with Gasteiger partial charge in [0.1, 0.15) is 11.4 Å². The zero-order chi connectivity index (χ0) is 14.0. The van der Waals surface area contributed by atoms with Gasteiger partial charge in [0.05, 0.1) is 11.4 Å². The van der Waals surface area contributed by atoms with E-state index in [0.717, 1.165) is 25.7 Å². The van der Waals surface area contributed by atoms with Crippen LogP contribution in [0.1, 0.15) is 49.4 Å². The molecule has 1 aromatic rings. The van der Waals surface area contributed by atoms with Crippen LogP contribution in [0.5, 0.6) is 0 Å². The van der Waals surface area contributed by atoms with Gasteiger partial charge in [-0.25, -0.2) is 9.18 Å². The van der Waals surface area contributed by atoms with Gasteiger partial charge < -0.3 is 16.2 Å². The topological polar surface area (TPSA) is 75.3 Å². The predicted molar refractivity (Wildman–Crippen MR) is 72.9 cm³/mol. The van der Waals surface area contributed by atoms with Gasteiger partial charge in [0, 0.05) is 5.54 Å². The van der Waals surface area contributed by atoms with Crippen LogP contribution in [0.3, 0.4) is 0 Å². The third-order valence-corrected chi connectivity index (χ3v) is 3.80. The first-order chi connectivity index (χ1) is 8.93. The largest absolute Gasteiger partial charge is 0.478 e. The number of carboxylic acid groups (broad SMARTS) is 1. The molecule has 0 aliphatic heterocycles. The molecular formula is C14H19FN2O2. The Balaban J connectivity index is 2.34. The van der Waals surface area contributed by atoms with E-state index in [1.807, 2.05) is 0 Å². The number of hydrogen-bond acceptors (Lipinski definition) is 3. The normalized spacial score (nSPS) is 18.0. The van der Waals surface area contributed by atoms with Gasteiger partial charge in [-0.1, -0.05) is 19.3 Å². The molecule has 4 nitrogen and oxygen atoms in total. The third-order valence-electron chi connectivity index (χ3n) is 3.80. The molecule has 1 fully saturated rings. The molecule has 0 spiro atoms. The SMILES string of the molecule is CC1(Nc2ccc(F)c(N)c2C(=O)O)CCCCC1. The Morgan fingerprint density at radius 2 is 2.00 bits per heavy atom. The van der Waals surface area contributed by atoms with Crippen molar-refractivity contribution < 1.29 is 14.3 Å². The molecule has 0 atom stereocenters. The van der Waals surface area contributed by atoms with Gasteiger partial charge in [0.2, 0.25) is 0 Å². The molecule has 0 aromatic heterocycles. The molecule has 1 aliphatic carbocycles. The summed E-state index contributed by atoms with van der Waals surface area (Å²) < 4.78 is 13.4. The number of carboxylic acids is 1. The fourth-order valence-corrected chi connectivity index (χ4v) is 2.71. The highest BCUT2D eigenvalue weighted by molar-refractivity contribution is 6.00. The molecule has 0 heterocycles. The van der Waals surface area contributed by atoms with Crippen molar-refractivity contribution in [1.82, 2.24) is 0 Å². The Labute approximate surface area is 111 Å². The summed E-state index contributed by atoms with van der Waals surface area (Å²) in [4.78, 5) is 11.3. The van der Waals surface area contributed by atoms with Gasteiger partial charge in [0.25, 0.3) is 0 Å². The van der Waals surface area contributed by atoms with Gasteiger partial charge in [-0.15, -0.1) is 0 Å². The minimum atomic E-state index is -1.21. The molecule has 0 unspecified atom stereocenters. The Kier molecular flexibility index (Phi) is 3.64. The summed E-state index contributed by atoms with van der Waals surface area (Å²) in [5.74, 6) is -1.91. The predicted octanol–water partition coefficient (Wildman–Crippen LogP) is 3.24. The molecule has 0 saturated heterocycles. The van der Waals surface area contributed by atoms with Crippen LogP contribution >= 0.6 is 0 Å². The van der Waals surface area contributed by atoms with Crippen molar-refractivity contribution >= 4 is 17.3 Å². The van der Waals surface area contributed by atoms with Crippen molar-refractivity contribution in [2.45, 2.75) is 44.6 Å². The van der Waals surface area contributed by atoms with Crippen LogP contribution < -0.4 is 11.1 Å². The van der Waals surface area contributed by atoms with E-state index in [1.165, 1.54) is 18.6 Å². The third kappa shape index (κ3) is 2.80. The second-order valence-corrected chi connectivity index (χ2v) is 5.44. The summed E-state index contributed by atoms with van der Waals surface area (Å²) >= 11 is 0. The van der Waals surface area contributed by atoms with Crippen LogP contribution in [0, 0.1) is 5.82 Å². The molecule has 0 amide bonds. The van der Waals surface area contributed by atoms with Crippen LogP contribution in [-0.4, -0.2) is 16.6 Å². The van der Waals surface area contributed by atoms with Gasteiger partial charge in [-0.05, 0) is 31.9 Å². The van der Waals surface area contributed by atoms with E-state index in [2.05, 4.69) is 12.2 Å². The highest BCUT2D eigenvalue weighted by Crippen LogP contribution is 2.34. The van der Waals surface area contributed by atoms with E-state index in [0.29, 0.717) is 5.69 Å². The quantitative estimate of drug-likeness (QED) is 0.734. The van der Waals surface area contributed by atoms with Gasteiger partial charge in [-0.2, -0.15) is 0 Å². The van der Waals surface area contributed by atoms with Crippen molar-refractivity contribution in [3.05, 3.63) is 23.5 Å². The monoisotopic (exact) mass is 266 g/mol. The standard InChI is InChI=1S/C14H19FN2O2/c1-14(7-3-2-4-8-14)17-10-6-5-9(15)12(16)11(10)13(18)19/h5-6,17H,2-4,7-8,16H2,1H3,(H,18,19). The van der Waals surface area contributed by atoms with Gasteiger partial charge in [0.15, 0.2) is 0 Å². The average Bonchev–Trinajstić information content (AvgIpc) is 2.34. The molecule has 4 N–H and O–H groups in total. The van der Waals surface area contributed by atoms with Crippen molar-refractivity contribution in [3.8, 4) is 0 Å². The van der Waals surface area contributed by atoms with E-state index in [4.69, 9.17) is 5.73 Å². The lowest BCUT2D eigenvalue weighted by Crippen LogP contribution is -2.37. The molecule has 5 heteroatoms. The molecule has 1 saturated carbocycles. The zero-order valence-electron chi connectivity index (χ0n) is 11.0. The van der Waals surface area contributed by atoms with Crippen LogP contribution in [0.15, 0.2) is 12.1 Å². The van der Waals surface area contributed by atoms with Crippen LogP contribution in [0.4, 0.5) is 15.8 Å². The second-order valence-electron chi connectivity index (χ2n) is 5.44. The number of benzene rings is 1. The first-order valence-electron chi connectivity index (χ1n) is 6.52. The van der Waals surface area contributed by atoms with Crippen molar-refractivity contribution in [3.63, 3.8) is 0 Å². The molecule has 0 bridgehead atoms. The highest BCUT2D eigenvalue weighted by Gasteiger charge is 2.29. The maximum Gasteiger partial charge on any atom is 0.340 e. The first kappa shape index (κ1) is 13.6. The average molecular weight is 266 g/mol. The first-order valence-corrected chi connectivity index (χ1v) is 6.52. The minimum absolute atomic E-state index is 0.146. The van der Waals surface area contributed by atoms with Crippen molar-refractivity contribution in [2.75, 3.05) is 11.1 Å². The fraction of sp³-hybridized carbons (Fsp3) is 0.500. The molecule has 104 valence electrons. The van der Waals surface area contributed by atoms with Crippen molar-refractivity contribution in [1.29, 1.82) is 0 Å². The van der Waals surface area contributed by atoms with Gasteiger partial charge in [-0.3, -0.25) is 0 Å². The molecule has 19 heavy (non-hydrogen) atoms.